The Labute approximate surface area is 171 Å². The summed E-state index contributed by atoms with van der Waals surface area (Å²) in [6.07, 6.45) is 1.69. The lowest BCUT2D eigenvalue weighted by Crippen LogP contribution is -2.34. The quantitative estimate of drug-likeness (QED) is 0.532. The van der Waals surface area contributed by atoms with Gasteiger partial charge in [0.1, 0.15) is 0 Å². The summed E-state index contributed by atoms with van der Waals surface area (Å²) in [5, 5.41) is 0. The number of ether oxygens (including phenoxy) is 1. The van der Waals surface area contributed by atoms with E-state index in [0.717, 1.165) is 11.1 Å². The number of fused-ring (bicyclic) bond motifs is 1. The first-order chi connectivity index (χ1) is 13.6. The molecule has 1 heterocycles. The van der Waals surface area contributed by atoms with Crippen LogP contribution in [0.2, 0.25) is 0 Å². The average Bonchev–Trinajstić information content (AvgIpc) is 3.00. The second-order valence-corrected chi connectivity index (χ2v) is 9.59. The predicted molar refractivity (Wildman–Crippen MR) is 112 cm³/mol. The van der Waals surface area contributed by atoms with Gasteiger partial charge < -0.3 is 4.74 Å². The van der Waals surface area contributed by atoms with E-state index in [0.29, 0.717) is 29.2 Å². The van der Waals surface area contributed by atoms with Crippen LogP contribution >= 0.6 is 0 Å². The molecule has 2 aromatic rings. The standard InChI is InChI=1S/C22H25NO5S/c1-14(2)16-5-7-17(8-6-16)21(24)13-28-22(25)18-9-10-20-19(12-18)11-15(3)23(20)29(4,26)27/h5-10,12,14-15H,11,13H2,1-4H3. The fraction of sp³-hybridized carbons (Fsp3) is 0.364. The van der Waals surface area contributed by atoms with Gasteiger partial charge in [0.25, 0.3) is 0 Å². The van der Waals surface area contributed by atoms with Gasteiger partial charge in [-0.25, -0.2) is 13.2 Å². The van der Waals surface area contributed by atoms with Crippen LogP contribution in [-0.2, 0) is 21.2 Å². The van der Waals surface area contributed by atoms with Gasteiger partial charge >= 0.3 is 5.97 Å². The van der Waals surface area contributed by atoms with Gasteiger partial charge in [0, 0.05) is 11.6 Å². The van der Waals surface area contributed by atoms with Crippen molar-refractivity contribution in [3.63, 3.8) is 0 Å². The van der Waals surface area contributed by atoms with Crippen LogP contribution in [0.25, 0.3) is 0 Å². The van der Waals surface area contributed by atoms with Gasteiger partial charge in [-0.15, -0.1) is 0 Å². The molecule has 7 heteroatoms. The Morgan fingerprint density at radius 2 is 1.72 bits per heavy atom. The molecule has 0 bridgehead atoms. The van der Waals surface area contributed by atoms with Gasteiger partial charge in [-0.05, 0) is 48.6 Å². The van der Waals surface area contributed by atoms with Crippen molar-refractivity contribution < 1.29 is 22.7 Å². The zero-order valence-corrected chi connectivity index (χ0v) is 17.8. The maximum Gasteiger partial charge on any atom is 0.338 e. The second-order valence-electron chi connectivity index (χ2n) is 7.73. The summed E-state index contributed by atoms with van der Waals surface area (Å²) < 4.78 is 30.5. The topological polar surface area (TPSA) is 80.8 Å². The molecule has 1 aliphatic rings. The maximum atomic E-state index is 12.4. The molecule has 6 nitrogen and oxygen atoms in total. The van der Waals surface area contributed by atoms with Crippen LogP contribution in [-0.4, -0.2) is 39.1 Å². The summed E-state index contributed by atoms with van der Waals surface area (Å²) in [5.74, 6) is -0.504. The molecule has 0 saturated heterocycles. The minimum absolute atomic E-state index is 0.207. The Morgan fingerprint density at radius 3 is 2.31 bits per heavy atom. The molecule has 2 aromatic carbocycles. The summed E-state index contributed by atoms with van der Waals surface area (Å²) in [6.45, 7) is 5.63. The third-order valence-electron chi connectivity index (χ3n) is 5.06. The number of hydrogen-bond acceptors (Lipinski definition) is 5. The minimum Gasteiger partial charge on any atom is -0.454 e. The van der Waals surface area contributed by atoms with E-state index in [1.165, 1.54) is 16.6 Å². The average molecular weight is 416 g/mol. The molecule has 0 fully saturated rings. The number of benzene rings is 2. The number of rotatable bonds is 6. The molecule has 0 spiro atoms. The van der Waals surface area contributed by atoms with Crippen molar-refractivity contribution in [1.82, 2.24) is 0 Å². The van der Waals surface area contributed by atoms with Gasteiger partial charge in [0.2, 0.25) is 10.0 Å². The van der Waals surface area contributed by atoms with Crippen LogP contribution in [0.1, 0.15) is 58.5 Å². The molecule has 3 rings (SSSR count). The Morgan fingerprint density at radius 1 is 1.10 bits per heavy atom. The summed E-state index contributed by atoms with van der Waals surface area (Å²) >= 11 is 0. The molecule has 0 saturated carbocycles. The van der Waals surface area contributed by atoms with Crippen LogP contribution < -0.4 is 4.31 Å². The van der Waals surface area contributed by atoms with E-state index < -0.39 is 16.0 Å². The largest absolute Gasteiger partial charge is 0.454 e. The number of Topliss-reactive ketones (excluding diaryl/α,β-unsaturated/α-hetero) is 1. The van der Waals surface area contributed by atoms with Crippen LogP contribution in [0.15, 0.2) is 42.5 Å². The molecule has 154 valence electrons. The van der Waals surface area contributed by atoms with Crippen LogP contribution in [0.5, 0.6) is 0 Å². The van der Waals surface area contributed by atoms with Gasteiger partial charge in [0.05, 0.1) is 17.5 Å². The molecule has 0 N–H and O–H groups in total. The third-order valence-corrected chi connectivity index (χ3v) is 6.33. The summed E-state index contributed by atoms with van der Waals surface area (Å²) in [6, 6.07) is 11.8. The Balaban J connectivity index is 1.68. The molecule has 0 aliphatic carbocycles. The molecule has 0 amide bonds. The molecular formula is C22H25NO5S. The first-order valence-electron chi connectivity index (χ1n) is 9.50. The summed E-state index contributed by atoms with van der Waals surface area (Å²) in [5.41, 5.74) is 3.28. The SMILES string of the molecule is CC(C)c1ccc(C(=O)COC(=O)c2ccc3c(c2)CC(C)N3S(C)(=O)=O)cc1. The molecule has 0 radical (unpaired) electrons. The molecule has 1 atom stereocenters. The first-order valence-corrected chi connectivity index (χ1v) is 11.4. The lowest BCUT2D eigenvalue weighted by atomic mass is 10.0. The molecular weight excluding hydrogens is 390 g/mol. The highest BCUT2D eigenvalue weighted by Gasteiger charge is 2.33. The summed E-state index contributed by atoms with van der Waals surface area (Å²) in [7, 11) is -3.39. The summed E-state index contributed by atoms with van der Waals surface area (Å²) in [4.78, 5) is 24.7. The number of ketones is 1. The van der Waals surface area contributed by atoms with Crippen molar-refractivity contribution in [2.75, 3.05) is 17.2 Å². The minimum atomic E-state index is -3.39. The van der Waals surface area contributed by atoms with E-state index >= 15 is 0 Å². The molecule has 1 unspecified atom stereocenters. The highest BCUT2D eigenvalue weighted by Crippen LogP contribution is 2.34. The highest BCUT2D eigenvalue weighted by atomic mass is 32.2. The second kappa shape index (κ2) is 7.99. The van der Waals surface area contributed by atoms with E-state index in [1.807, 2.05) is 19.1 Å². The monoisotopic (exact) mass is 415 g/mol. The normalized spacial score (nSPS) is 16.0. The van der Waals surface area contributed by atoms with Gasteiger partial charge in [0.15, 0.2) is 12.4 Å². The number of hydrogen-bond donors (Lipinski definition) is 0. The fourth-order valence-electron chi connectivity index (χ4n) is 3.59. The number of esters is 1. The van der Waals surface area contributed by atoms with Crippen LogP contribution in [0.4, 0.5) is 5.69 Å². The van der Waals surface area contributed by atoms with Crippen molar-refractivity contribution >= 4 is 27.5 Å². The van der Waals surface area contributed by atoms with E-state index in [1.54, 1.807) is 24.3 Å². The van der Waals surface area contributed by atoms with Crippen LogP contribution in [0, 0.1) is 0 Å². The van der Waals surface area contributed by atoms with Crippen molar-refractivity contribution in [1.29, 1.82) is 0 Å². The number of sulfonamides is 1. The lowest BCUT2D eigenvalue weighted by Gasteiger charge is -2.21. The first kappa shape index (κ1) is 21.0. The predicted octanol–water partition coefficient (Wildman–Crippen LogP) is 3.56. The number of nitrogens with zero attached hydrogens (tertiary/aromatic N) is 1. The third kappa shape index (κ3) is 4.50. The maximum absolute atomic E-state index is 12.4. The van der Waals surface area contributed by atoms with Crippen molar-refractivity contribution in [3.05, 3.63) is 64.7 Å². The molecule has 1 aliphatic heterocycles. The van der Waals surface area contributed by atoms with Crippen molar-refractivity contribution in [2.45, 2.75) is 39.2 Å². The van der Waals surface area contributed by atoms with E-state index in [9.17, 15) is 18.0 Å². The van der Waals surface area contributed by atoms with E-state index in [2.05, 4.69) is 13.8 Å². The Kier molecular flexibility index (Phi) is 5.80. The molecule has 29 heavy (non-hydrogen) atoms. The van der Waals surface area contributed by atoms with E-state index in [4.69, 9.17) is 4.74 Å². The van der Waals surface area contributed by atoms with Crippen LogP contribution in [0.3, 0.4) is 0 Å². The number of carbonyl (C=O) groups is 2. The Bertz CT molecular complexity index is 1040. The zero-order chi connectivity index (χ0) is 21.3. The lowest BCUT2D eigenvalue weighted by molar-refractivity contribution is 0.0474. The van der Waals surface area contributed by atoms with Gasteiger partial charge in [-0.3, -0.25) is 9.10 Å². The Hall–Kier alpha value is -2.67. The number of anilines is 1. The van der Waals surface area contributed by atoms with Gasteiger partial charge in [-0.1, -0.05) is 38.1 Å². The van der Waals surface area contributed by atoms with Gasteiger partial charge in [-0.2, -0.15) is 0 Å². The van der Waals surface area contributed by atoms with Crippen molar-refractivity contribution in [2.24, 2.45) is 0 Å². The highest BCUT2D eigenvalue weighted by molar-refractivity contribution is 7.92. The molecule has 0 aromatic heterocycles. The fourth-order valence-corrected chi connectivity index (χ4v) is 4.85. The zero-order valence-electron chi connectivity index (χ0n) is 17.0. The van der Waals surface area contributed by atoms with E-state index in [-0.39, 0.29) is 18.4 Å². The smallest absolute Gasteiger partial charge is 0.338 e. The number of carbonyl (C=O) groups excluding carboxylic acids is 2. The van der Waals surface area contributed by atoms with Crippen molar-refractivity contribution in [3.8, 4) is 0 Å².